The molecule has 1 aliphatic carbocycles. The van der Waals surface area contributed by atoms with Crippen LogP contribution in [0.5, 0.6) is 0 Å². The van der Waals surface area contributed by atoms with Gasteiger partial charge in [0.2, 0.25) is 0 Å². The van der Waals surface area contributed by atoms with Crippen molar-refractivity contribution in [2.75, 3.05) is 15.5 Å². The smallest absolute Gasteiger partial charge is 0.262 e. The normalized spacial score (nSPS) is 21.5. The van der Waals surface area contributed by atoms with Gasteiger partial charge in [0.25, 0.3) is 5.91 Å². The van der Waals surface area contributed by atoms with Crippen LogP contribution in [0.3, 0.4) is 0 Å². The fraction of sp³-hybridized carbons (Fsp3) is 0.290. The van der Waals surface area contributed by atoms with Gasteiger partial charge in [-0.05, 0) is 88.6 Å². The second-order valence-electron chi connectivity index (χ2n) is 11.4. The average Bonchev–Trinajstić information content (AvgIpc) is 2.97. The van der Waals surface area contributed by atoms with Crippen molar-refractivity contribution in [1.29, 1.82) is 0 Å². The average molecular weight is 591 g/mol. The number of hydrogen-bond acceptors (Lipinski definition) is 4. The highest BCUT2D eigenvalue weighted by molar-refractivity contribution is 9.10. The number of hydrogen-bond donors (Lipinski definition) is 2. The van der Waals surface area contributed by atoms with Crippen LogP contribution in [-0.4, -0.2) is 11.7 Å². The molecule has 3 aliphatic rings. The largest absolute Gasteiger partial charge is 0.362 e. The summed E-state index contributed by atoms with van der Waals surface area (Å²) in [6, 6.07) is 17.5. The number of aryl methyl sites for hydroxylation is 2. The molecule has 2 N–H and O–H groups in total. The summed E-state index contributed by atoms with van der Waals surface area (Å²) in [6.45, 7) is 8.70. The molecule has 38 heavy (non-hydrogen) atoms. The molecule has 6 rings (SSSR count). The summed E-state index contributed by atoms with van der Waals surface area (Å²) in [4.78, 5) is 30.7. The summed E-state index contributed by atoms with van der Waals surface area (Å²) in [6.07, 6.45) is 1.04. The first kappa shape index (κ1) is 25.2. The monoisotopic (exact) mass is 589 g/mol. The first-order valence-electron chi connectivity index (χ1n) is 12.8. The van der Waals surface area contributed by atoms with Gasteiger partial charge in [-0.25, -0.2) is 0 Å². The number of nitrogens with zero attached hydrogens (tertiary/aromatic N) is 1. The van der Waals surface area contributed by atoms with Gasteiger partial charge in [-0.15, -0.1) is 0 Å². The third kappa shape index (κ3) is 3.80. The van der Waals surface area contributed by atoms with E-state index in [1.807, 2.05) is 42.5 Å². The van der Waals surface area contributed by atoms with Crippen LogP contribution < -0.4 is 15.5 Å². The Morgan fingerprint density at radius 2 is 1.66 bits per heavy atom. The minimum Gasteiger partial charge on any atom is -0.362 e. The van der Waals surface area contributed by atoms with Crippen LogP contribution in [0.1, 0.15) is 48.9 Å². The summed E-state index contributed by atoms with van der Waals surface area (Å²) < 4.78 is 0.805. The maximum Gasteiger partial charge on any atom is 0.262 e. The van der Waals surface area contributed by atoms with Gasteiger partial charge in [-0.3, -0.25) is 9.59 Å². The van der Waals surface area contributed by atoms with Gasteiger partial charge in [0.05, 0.1) is 29.2 Å². The van der Waals surface area contributed by atoms with E-state index in [1.54, 1.807) is 4.90 Å². The standard InChI is InChI=1S/C31H29BrClN3O2/c1-17-12-23-24(13-18(17)2)35-31(27-25(34-23)14-30(3,4)15-26(27)37)21-6-5-7-22(32)28(21)36(29(31)38)16-19-8-10-20(33)11-9-19/h5-13,34-35H,14-16H2,1-4H3. The predicted octanol–water partition coefficient (Wildman–Crippen LogP) is 7.64. The Hall–Kier alpha value is -3.09. The Kier molecular flexibility index (Phi) is 5.78. The first-order valence-corrected chi connectivity index (χ1v) is 14.0. The highest BCUT2D eigenvalue weighted by atomic mass is 79.9. The lowest BCUT2D eigenvalue weighted by molar-refractivity contribution is -0.125. The lowest BCUT2D eigenvalue weighted by Crippen LogP contribution is -2.50. The summed E-state index contributed by atoms with van der Waals surface area (Å²) in [5.41, 5.74) is 6.19. The minimum atomic E-state index is -1.35. The fourth-order valence-electron chi connectivity index (χ4n) is 6.11. The number of carbonyl (C=O) groups excluding carboxylic acids is 2. The summed E-state index contributed by atoms with van der Waals surface area (Å²) >= 11 is 9.86. The van der Waals surface area contributed by atoms with Crippen molar-refractivity contribution in [2.45, 2.75) is 52.6 Å². The lowest BCUT2D eigenvalue weighted by Gasteiger charge is -2.38. The van der Waals surface area contributed by atoms with Gasteiger partial charge in [0, 0.05) is 27.2 Å². The first-order chi connectivity index (χ1) is 18.0. The van der Waals surface area contributed by atoms with Gasteiger partial charge in [-0.2, -0.15) is 0 Å². The summed E-state index contributed by atoms with van der Waals surface area (Å²) in [7, 11) is 0. The van der Waals surface area contributed by atoms with Crippen molar-refractivity contribution in [3.05, 3.63) is 97.6 Å². The van der Waals surface area contributed by atoms with Crippen LogP contribution in [0.4, 0.5) is 17.1 Å². The molecule has 2 aliphatic heterocycles. The fourth-order valence-corrected chi connectivity index (χ4v) is 6.82. The molecular weight excluding hydrogens is 562 g/mol. The Balaban J connectivity index is 1.62. The van der Waals surface area contributed by atoms with Crippen molar-refractivity contribution >= 4 is 56.3 Å². The zero-order chi connectivity index (χ0) is 27.0. The quantitative estimate of drug-likeness (QED) is 0.322. The van der Waals surface area contributed by atoms with Gasteiger partial charge in [-0.1, -0.05) is 49.7 Å². The predicted molar refractivity (Wildman–Crippen MR) is 157 cm³/mol. The molecule has 0 aromatic heterocycles. The number of halogens is 2. The molecule has 3 aromatic rings. The number of anilines is 3. The number of carbonyl (C=O) groups is 2. The number of amides is 1. The van der Waals surface area contributed by atoms with Crippen molar-refractivity contribution < 1.29 is 9.59 Å². The molecule has 1 amide bonds. The molecule has 0 radical (unpaired) electrons. The topological polar surface area (TPSA) is 61.4 Å². The second-order valence-corrected chi connectivity index (χ2v) is 12.7. The van der Waals surface area contributed by atoms with Crippen LogP contribution in [0, 0.1) is 19.3 Å². The van der Waals surface area contributed by atoms with Crippen molar-refractivity contribution in [3.8, 4) is 0 Å². The molecule has 0 fully saturated rings. The Morgan fingerprint density at radius 1 is 0.974 bits per heavy atom. The number of benzene rings is 3. The van der Waals surface area contributed by atoms with Crippen molar-refractivity contribution in [1.82, 2.24) is 0 Å². The molecule has 2 heterocycles. The van der Waals surface area contributed by atoms with Gasteiger partial charge in [0.1, 0.15) is 0 Å². The highest BCUT2D eigenvalue weighted by Crippen LogP contribution is 2.55. The van der Waals surface area contributed by atoms with E-state index < -0.39 is 5.54 Å². The van der Waals surface area contributed by atoms with Crippen LogP contribution >= 0.6 is 27.5 Å². The molecule has 1 atom stereocenters. The van der Waals surface area contributed by atoms with E-state index in [1.165, 1.54) is 0 Å². The third-order valence-electron chi connectivity index (χ3n) is 7.97. The molecule has 7 heteroatoms. The maximum atomic E-state index is 14.8. The molecule has 0 saturated heterocycles. The third-order valence-corrected chi connectivity index (χ3v) is 8.86. The van der Waals surface area contributed by atoms with E-state index >= 15 is 0 Å². The Morgan fingerprint density at radius 3 is 2.37 bits per heavy atom. The van der Waals surface area contributed by atoms with Crippen LogP contribution in [0.15, 0.2) is 70.3 Å². The molecule has 5 nitrogen and oxygen atoms in total. The van der Waals surface area contributed by atoms with Crippen LogP contribution in [0.2, 0.25) is 5.02 Å². The second kappa shape index (κ2) is 8.72. The van der Waals surface area contributed by atoms with E-state index in [0.29, 0.717) is 30.0 Å². The van der Waals surface area contributed by atoms with Gasteiger partial charge < -0.3 is 15.5 Å². The molecule has 3 aromatic carbocycles. The minimum absolute atomic E-state index is 0.00915. The van der Waals surface area contributed by atoms with Crippen molar-refractivity contribution in [3.63, 3.8) is 0 Å². The molecule has 194 valence electrons. The van der Waals surface area contributed by atoms with Gasteiger partial charge in [0.15, 0.2) is 11.3 Å². The summed E-state index contributed by atoms with van der Waals surface area (Å²) in [5, 5.41) is 7.89. The zero-order valence-electron chi connectivity index (χ0n) is 21.8. The van der Waals surface area contributed by atoms with E-state index in [-0.39, 0.29) is 17.1 Å². The molecule has 0 bridgehead atoms. The van der Waals surface area contributed by atoms with E-state index in [9.17, 15) is 9.59 Å². The molecule has 1 spiro atoms. The number of para-hydroxylation sites is 1. The van der Waals surface area contributed by atoms with Gasteiger partial charge >= 0.3 is 0 Å². The summed E-state index contributed by atoms with van der Waals surface area (Å²) in [5.74, 6) is -0.173. The van der Waals surface area contributed by atoms with E-state index in [0.717, 1.165) is 49.5 Å². The Labute approximate surface area is 236 Å². The highest BCUT2D eigenvalue weighted by Gasteiger charge is 2.59. The van der Waals surface area contributed by atoms with E-state index in [2.05, 4.69) is 66.4 Å². The SMILES string of the molecule is Cc1cc2c(cc1C)NC1(C(=O)N(Cc3ccc(Cl)cc3)c3c(Br)cccc31)C1=C(CC(C)(C)CC1=O)N2. The zero-order valence-corrected chi connectivity index (χ0v) is 24.2. The van der Waals surface area contributed by atoms with Crippen LogP contribution in [-0.2, 0) is 21.7 Å². The number of fused-ring (bicyclic) bond motifs is 4. The maximum absolute atomic E-state index is 14.8. The molecule has 0 saturated carbocycles. The van der Waals surface area contributed by atoms with E-state index in [4.69, 9.17) is 11.6 Å². The Bertz CT molecular complexity index is 1560. The number of nitrogens with one attached hydrogen (secondary N) is 2. The van der Waals surface area contributed by atoms with Crippen LogP contribution in [0.25, 0.3) is 0 Å². The number of rotatable bonds is 2. The van der Waals surface area contributed by atoms with Crippen molar-refractivity contribution in [2.24, 2.45) is 5.41 Å². The number of ketones is 1. The molecular formula is C31H29BrClN3O2. The number of allylic oxidation sites excluding steroid dienone is 1. The lowest BCUT2D eigenvalue weighted by atomic mass is 9.69. The molecule has 1 unspecified atom stereocenters. The number of Topliss-reactive ketones (excluding diaryl/α,β-unsaturated/α-hetero) is 1.